The van der Waals surface area contributed by atoms with Crippen LogP contribution in [0.5, 0.6) is 0 Å². The van der Waals surface area contributed by atoms with Gasteiger partial charge in [-0.15, -0.1) is 10.2 Å². The summed E-state index contributed by atoms with van der Waals surface area (Å²) in [5.41, 5.74) is 2.80. The van der Waals surface area contributed by atoms with Crippen molar-refractivity contribution in [2.24, 2.45) is 23.6 Å². The topological polar surface area (TPSA) is 97.3 Å². The van der Waals surface area contributed by atoms with Crippen molar-refractivity contribution < 1.29 is 9.90 Å². The molecule has 0 saturated heterocycles. The quantitative estimate of drug-likeness (QED) is 0.298. The highest BCUT2D eigenvalue weighted by Gasteiger charge is 2.41. The standard InChI is InChI=1S/C27H41N5O2/c1-16(2)12-20-14-21(15-20)25-29-30-26(31(25)22-7-8-22)23(10-11-33)19(5)27(34)32(28)24-9-6-17(3)13-18(24)4/h6,9,13,16,19-23,33H,7-8,10-12,14-15,28H2,1-5H3. The number of nitrogens with two attached hydrogens (primary N) is 1. The number of hydrogen-bond acceptors (Lipinski definition) is 5. The van der Waals surface area contributed by atoms with E-state index in [2.05, 4.69) is 28.6 Å². The molecule has 2 aliphatic carbocycles. The van der Waals surface area contributed by atoms with Gasteiger partial charge in [-0.2, -0.15) is 0 Å². The number of amides is 1. The maximum Gasteiger partial charge on any atom is 0.244 e. The highest BCUT2D eigenvalue weighted by molar-refractivity contribution is 5.95. The molecule has 34 heavy (non-hydrogen) atoms. The molecular formula is C27H41N5O2. The first-order valence-electron chi connectivity index (χ1n) is 12.9. The van der Waals surface area contributed by atoms with Crippen LogP contribution in [0.1, 0.15) is 99.9 Å². The van der Waals surface area contributed by atoms with Crippen LogP contribution in [-0.4, -0.2) is 32.4 Å². The van der Waals surface area contributed by atoms with E-state index in [1.165, 1.54) is 24.3 Å². The Kier molecular flexibility index (Phi) is 7.43. The van der Waals surface area contributed by atoms with Gasteiger partial charge in [0, 0.05) is 30.4 Å². The van der Waals surface area contributed by atoms with Gasteiger partial charge in [-0.3, -0.25) is 4.79 Å². The average Bonchev–Trinajstić information content (AvgIpc) is 3.51. The van der Waals surface area contributed by atoms with E-state index in [0.29, 0.717) is 24.1 Å². The fourth-order valence-electron chi connectivity index (χ4n) is 5.69. The molecule has 4 rings (SSSR count). The Morgan fingerprint density at radius 2 is 1.91 bits per heavy atom. The predicted octanol–water partition coefficient (Wildman–Crippen LogP) is 4.78. The summed E-state index contributed by atoms with van der Waals surface area (Å²) < 4.78 is 2.32. The van der Waals surface area contributed by atoms with Gasteiger partial charge < -0.3 is 9.67 Å². The first-order chi connectivity index (χ1) is 16.2. The minimum Gasteiger partial charge on any atom is -0.396 e. The third-order valence-electron chi connectivity index (χ3n) is 7.68. The molecule has 2 saturated carbocycles. The van der Waals surface area contributed by atoms with Gasteiger partial charge in [-0.25, -0.2) is 10.9 Å². The van der Waals surface area contributed by atoms with Crippen molar-refractivity contribution in [3.8, 4) is 0 Å². The van der Waals surface area contributed by atoms with Crippen molar-refractivity contribution in [2.45, 2.75) is 91.0 Å². The number of hydrazine groups is 1. The number of rotatable bonds is 10. The summed E-state index contributed by atoms with van der Waals surface area (Å²) >= 11 is 0. The number of carbonyl (C=O) groups excluding carboxylic acids is 1. The van der Waals surface area contributed by atoms with Crippen molar-refractivity contribution in [2.75, 3.05) is 11.6 Å². The number of aliphatic hydroxyl groups is 1. The molecule has 0 spiro atoms. The minimum atomic E-state index is -0.428. The van der Waals surface area contributed by atoms with Gasteiger partial charge in [0.1, 0.15) is 11.6 Å². The normalized spacial score (nSPS) is 21.9. The molecule has 7 nitrogen and oxygen atoms in total. The maximum absolute atomic E-state index is 13.5. The summed E-state index contributed by atoms with van der Waals surface area (Å²) in [5.74, 6) is 9.37. The van der Waals surface area contributed by atoms with Crippen molar-refractivity contribution in [1.29, 1.82) is 0 Å². The van der Waals surface area contributed by atoms with E-state index in [4.69, 9.17) is 5.84 Å². The van der Waals surface area contributed by atoms with E-state index in [0.717, 1.165) is 47.5 Å². The van der Waals surface area contributed by atoms with Gasteiger partial charge in [0.25, 0.3) is 0 Å². The lowest BCUT2D eigenvalue weighted by molar-refractivity contribution is -0.122. The van der Waals surface area contributed by atoms with Gasteiger partial charge in [0.2, 0.25) is 5.91 Å². The molecule has 0 aliphatic heterocycles. The van der Waals surface area contributed by atoms with E-state index >= 15 is 0 Å². The number of benzene rings is 1. The van der Waals surface area contributed by atoms with Crippen LogP contribution in [-0.2, 0) is 4.79 Å². The Morgan fingerprint density at radius 1 is 1.21 bits per heavy atom. The van der Waals surface area contributed by atoms with E-state index < -0.39 is 5.92 Å². The van der Waals surface area contributed by atoms with E-state index in [9.17, 15) is 9.90 Å². The molecule has 3 N–H and O–H groups in total. The summed E-state index contributed by atoms with van der Waals surface area (Å²) in [4.78, 5) is 13.5. The Bertz CT molecular complexity index is 1010. The number of carbonyl (C=O) groups is 1. The van der Waals surface area contributed by atoms with Gasteiger partial charge in [-0.1, -0.05) is 38.5 Å². The van der Waals surface area contributed by atoms with Gasteiger partial charge in [0.15, 0.2) is 0 Å². The monoisotopic (exact) mass is 467 g/mol. The van der Waals surface area contributed by atoms with E-state index in [1.807, 2.05) is 39.0 Å². The molecule has 2 fully saturated rings. The third kappa shape index (κ3) is 5.05. The summed E-state index contributed by atoms with van der Waals surface area (Å²) in [6.07, 6.45) is 6.32. The molecule has 1 amide bonds. The first-order valence-corrected chi connectivity index (χ1v) is 12.9. The van der Waals surface area contributed by atoms with E-state index in [1.54, 1.807) is 0 Å². The van der Waals surface area contributed by atoms with Crippen molar-refractivity contribution in [3.05, 3.63) is 41.0 Å². The van der Waals surface area contributed by atoms with Crippen molar-refractivity contribution >= 4 is 11.6 Å². The minimum absolute atomic E-state index is 0.0107. The summed E-state index contributed by atoms with van der Waals surface area (Å²) in [6, 6.07) is 6.30. The molecule has 2 unspecified atom stereocenters. The lowest BCUT2D eigenvalue weighted by Crippen LogP contribution is -2.43. The molecular weight excluding hydrogens is 426 g/mol. The van der Waals surface area contributed by atoms with Crippen LogP contribution in [0.2, 0.25) is 0 Å². The van der Waals surface area contributed by atoms with Crippen LogP contribution >= 0.6 is 0 Å². The zero-order valence-corrected chi connectivity index (χ0v) is 21.4. The van der Waals surface area contributed by atoms with Gasteiger partial charge in [0.05, 0.1) is 5.69 Å². The largest absolute Gasteiger partial charge is 0.396 e. The van der Waals surface area contributed by atoms with Crippen molar-refractivity contribution in [3.63, 3.8) is 0 Å². The zero-order valence-electron chi connectivity index (χ0n) is 21.4. The number of aromatic nitrogens is 3. The van der Waals surface area contributed by atoms with Gasteiger partial charge >= 0.3 is 0 Å². The summed E-state index contributed by atoms with van der Waals surface area (Å²) in [5, 5.41) is 20.5. The highest BCUT2D eigenvalue weighted by Crippen LogP contribution is 2.48. The number of aliphatic hydroxyl groups excluding tert-OH is 1. The van der Waals surface area contributed by atoms with Crippen LogP contribution < -0.4 is 10.9 Å². The van der Waals surface area contributed by atoms with E-state index in [-0.39, 0.29) is 18.4 Å². The second-order valence-corrected chi connectivity index (χ2v) is 11.1. The van der Waals surface area contributed by atoms with Crippen LogP contribution in [0.4, 0.5) is 5.69 Å². The Morgan fingerprint density at radius 3 is 2.50 bits per heavy atom. The molecule has 7 heteroatoms. The molecule has 1 heterocycles. The lowest BCUT2D eigenvalue weighted by atomic mass is 9.71. The number of hydrogen-bond donors (Lipinski definition) is 2. The second-order valence-electron chi connectivity index (χ2n) is 11.1. The number of nitrogens with zero attached hydrogens (tertiary/aromatic N) is 4. The summed E-state index contributed by atoms with van der Waals surface area (Å²) in [7, 11) is 0. The summed E-state index contributed by atoms with van der Waals surface area (Å²) in [6.45, 7) is 10.5. The van der Waals surface area contributed by atoms with Crippen LogP contribution in [0.25, 0.3) is 0 Å². The van der Waals surface area contributed by atoms with Crippen LogP contribution in [0.3, 0.4) is 0 Å². The molecule has 186 valence electrons. The third-order valence-corrected chi connectivity index (χ3v) is 7.68. The molecule has 0 radical (unpaired) electrons. The first kappa shape index (κ1) is 24.9. The van der Waals surface area contributed by atoms with Crippen LogP contribution in [0, 0.1) is 31.6 Å². The smallest absolute Gasteiger partial charge is 0.244 e. The number of anilines is 1. The molecule has 1 aromatic heterocycles. The Balaban J connectivity index is 1.57. The van der Waals surface area contributed by atoms with Crippen molar-refractivity contribution in [1.82, 2.24) is 14.8 Å². The lowest BCUT2D eigenvalue weighted by Gasteiger charge is -2.36. The predicted molar refractivity (Wildman–Crippen MR) is 134 cm³/mol. The molecule has 2 aliphatic rings. The van der Waals surface area contributed by atoms with Gasteiger partial charge in [-0.05, 0) is 75.8 Å². The highest BCUT2D eigenvalue weighted by atomic mass is 16.3. The van der Waals surface area contributed by atoms with Crippen LogP contribution in [0.15, 0.2) is 18.2 Å². The zero-order chi connectivity index (χ0) is 24.6. The molecule has 2 aromatic rings. The maximum atomic E-state index is 13.5. The number of aryl methyl sites for hydroxylation is 2. The molecule has 1 aromatic carbocycles. The second kappa shape index (κ2) is 10.2. The average molecular weight is 468 g/mol. The molecule has 0 bridgehead atoms. The SMILES string of the molecule is Cc1ccc(N(N)C(=O)C(C)C(CCO)c2nnc(C3CC(CC(C)C)C3)n2C2CC2)c(C)c1. The Labute approximate surface area is 203 Å². The molecule has 2 atom stereocenters. The Hall–Kier alpha value is -2.25. The fourth-order valence-corrected chi connectivity index (χ4v) is 5.69. The fraction of sp³-hybridized carbons (Fsp3) is 0.667.